The first-order valence-corrected chi connectivity index (χ1v) is 7.70. The normalized spacial score (nSPS) is 12.3. The standard InChI is InChI=1S/C16H27NO3/c1-3-5-6-7-8-10-19-13-11-15(14(17)9-4-2)20-16(18)12-13/h11-12,14H,3-10,17H2,1-2H3. The zero-order chi connectivity index (χ0) is 14.8. The third kappa shape index (κ3) is 6.24. The first-order chi connectivity index (χ1) is 9.67. The average molecular weight is 281 g/mol. The summed E-state index contributed by atoms with van der Waals surface area (Å²) in [7, 11) is 0. The molecule has 1 heterocycles. The highest BCUT2D eigenvalue weighted by Crippen LogP contribution is 2.19. The molecule has 0 saturated heterocycles. The van der Waals surface area contributed by atoms with Gasteiger partial charge in [-0.05, 0) is 12.8 Å². The molecule has 2 N–H and O–H groups in total. The van der Waals surface area contributed by atoms with Crippen LogP contribution in [0.3, 0.4) is 0 Å². The summed E-state index contributed by atoms with van der Waals surface area (Å²) in [5.74, 6) is 1.08. The highest BCUT2D eigenvalue weighted by molar-refractivity contribution is 5.22. The van der Waals surface area contributed by atoms with Crippen molar-refractivity contribution in [3.05, 3.63) is 28.3 Å². The lowest BCUT2D eigenvalue weighted by Crippen LogP contribution is -2.13. The monoisotopic (exact) mass is 281 g/mol. The van der Waals surface area contributed by atoms with Crippen LogP contribution in [0.5, 0.6) is 5.75 Å². The van der Waals surface area contributed by atoms with E-state index < -0.39 is 5.63 Å². The molecule has 0 fully saturated rings. The predicted octanol–water partition coefficient (Wildman–Crippen LogP) is 3.79. The van der Waals surface area contributed by atoms with Crippen molar-refractivity contribution in [1.82, 2.24) is 0 Å². The van der Waals surface area contributed by atoms with Crippen LogP contribution in [0, 0.1) is 0 Å². The molecule has 1 unspecified atom stereocenters. The molecule has 0 saturated carbocycles. The zero-order valence-electron chi connectivity index (χ0n) is 12.7. The van der Waals surface area contributed by atoms with E-state index in [1.807, 2.05) is 0 Å². The van der Waals surface area contributed by atoms with E-state index >= 15 is 0 Å². The second-order valence-electron chi connectivity index (χ2n) is 5.17. The molecule has 1 atom stereocenters. The van der Waals surface area contributed by atoms with Crippen molar-refractivity contribution in [2.45, 2.75) is 64.8 Å². The van der Waals surface area contributed by atoms with Gasteiger partial charge in [0, 0.05) is 6.07 Å². The van der Waals surface area contributed by atoms with E-state index in [4.69, 9.17) is 14.9 Å². The first-order valence-electron chi connectivity index (χ1n) is 7.70. The van der Waals surface area contributed by atoms with E-state index in [0.717, 1.165) is 25.7 Å². The summed E-state index contributed by atoms with van der Waals surface area (Å²) >= 11 is 0. The Bertz CT molecular complexity index is 428. The summed E-state index contributed by atoms with van der Waals surface area (Å²) in [6.07, 6.45) is 7.67. The van der Waals surface area contributed by atoms with Gasteiger partial charge in [0.1, 0.15) is 11.5 Å². The van der Waals surface area contributed by atoms with Crippen LogP contribution in [-0.2, 0) is 0 Å². The van der Waals surface area contributed by atoms with Gasteiger partial charge in [-0.15, -0.1) is 0 Å². The quantitative estimate of drug-likeness (QED) is 0.663. The molecule has 0 bridgehead atoms. The topological polar surface area (TPSA) is 65.5 Å². The third-order valence-corrected chi connectivity index (χ3v) is 3.24. The van der Waals surface area contributed by atoms with Gasteiger partial charge in [-0.2, -0.15) is 0 Å². The van der Waals surface area contributed by atoms with Crippen LogP contribution in [0.25, 0.3) is 0 Å². The highest BCUT2D eigenvalue weighted by Gasteiger charge is 2.10. The van der Waals surface area contributed by atoms with Crippen molar-refractivity contribution in [2.75, 3.05) is 6.61 Å². The Morgan fingerprint density at radius 2 is 1.90 bits per heavy atom. The van der Waals surface area contributed by atoms with E-state index in [2.05, 4.69) is 13.8 Å². The minimum absolute atomic E-state index is 0.235. The Kier molecular flexibility index (Phi) is 8.04. The Labute approximate surface area is 121 Å². The fraction of sp³-hybridized carbons (Fsp3) is 0.688. The maximum absolute atomic E-state index is 11.5. The number of rotatable bonds is 10. The molecule has 0 radical (unpaired) electrons. The Morgan fingerprint density at radius 1 is 1.15 bits per heavy atom. The molecule has 0 aliphatic heterocycles. The van der Waals surface area contributed by atoms with Gasteiger partial charge in [0.15, 0.2) is 0 Å². The van der Waals surface area contributed by atoms with Gasteiger partial charge >= 0.3 is 5.63 Å². The summed E-state index contributed by atoms with van der Waals surface area (Å²) in [6.45, 7) is 4.88. The molecule has 0 spiro atoms. The van der Waals surface area contributed by atoms with E-state index in [-0.39, 0.29) is 6.04 Å². The second-order valence-corrected chi connectivity index (χ2v) is 5.17. The minimum Gasteiger partial charge on any atom is -0.493 e. The predicted molar refractivity (Wildman–Crippen MR) is 81.1 cm³/mol. The maximum atomic E-state index is 11.5. The van der Waals surface area contributed by atoms with Crippen LogP contribution < -0.4 is 16.1 Å². The molecule has 20 heavy (non-hydrogen) atoms. The fourth-order valence-corrected chi connectivity index (χ4v) is 2.09. The molecule has 4 nitrogen and oxygen atoms in total. The lowest BCUT2D eigenvalue weighted by molar-refractivity contribution is 0.296. The van der Waals surface area contributed by atoms with E-state index in [1.54, 1.807) is 6.07 Å². The summed E-state index contributed by atoms with van der Waals surface area (Å²) in [5, 5.41) is 0. The minimum atomic E-state index is -0.393. The molecule has 0 aromatic carbocycles. The van der Waals surface area contributed by atoms with Crippen molar-refractivity contribution in [2.24, 2.45) is 5.73 Å². The van der Waals surface area contributed by atoms with E-state index in [1.165, 1.54) is 25.3 Å². The average Bonchev–Trinajstić information content (AvgIpc) is 2.42. The molecule has 1 aromatic rings. The van der Waals surface area contributed by atoms with Gasteiger partial charge in [-0.3, -0.25) is 0 Å². The third-order valence-electron chi connectivity index (χ3n) is 3.24. The van der Waals surface area contributed by atoms with Gasteiger partial charge < -0.3 is 14.9 Å². The number of hydrogen-bond acceptors (Lipinski definition) is 4. The molecule has 0 aliphatic carbocycles. The molecule has 0 amide bonds. The molecule has 1 rings (SSSR count). The van der Waals surface area contributed by atoms with Crippen LogP contribution in [0.4, 0.5) is 0 Å². The van der Waals surface area contributed by atoms with Crippen LogP contribution in [0.1, 0.15) is 70.6 Å². The van der Waals surface area contributed by atoms with E-state index in [9.17, 15) is 4.79 Å². The Balaban J connectivity index is 2.47. The van der Waals surface area contributed by atoms with Gasteiger partial charge in [-0.25, -0.2) is 4.79 Å². The Hall–Kier alpha value is -1.29. The summed E-state index contributed by atoms with van der Waals surface area (Å²) in [6, 6.07) is 2.89. The highest BCUT2D eigenvalue weighted by atomic mass is 16.5. The van der Waals surface area contributed by atoms with Crippen LogP contribution in [-0.4, -0.2) is 6.61 Å². The lowest BCUT2D eigenvalue weighted by Gasteiger charge is -2.11. The molecular formula is C16H27NO3. The summed E-state index contributed by atoms with van der Waals surface area (Å²) in [5.41, 5.74) is 5.57. The van der Waals surface area contributed by atoms with Crippen molar-refractivity contribution in [3.63, 3.8) is 0 Å². The zero-order valence-corrected chi connectivity index (χ0v) is 12.7. The second kappa shape index (κ2) is 9.59. The van der Waals surface area contributed by atoms with Gasteiger partial charge in [0.2, 0.25) is 0 Å². The lowest BCUT2D eigenvalue weighted by atomic mass is 10.1. The SMILES string of the molecule is CCCCCCCOc1cc(C(N)CCC)oc(=O)c1. The fourth-order valence-electron chi connectivity index (χ4n) is 2.09. The molecule has 1 aromatic heterocycles. The van der Waals surface area contributed by atoms with Crippen molar-refractivity contribution < 1.29 is 9.15 Å². The van der Waals surface area contributed by atoms with Crippen molar-refractivity contribution in [1.29, 1.82) is 0 Å². The molecule has 0 aliphatic rings. The van der Waals surface area contributed by atoms with Crippen LogP contribution >= 0.6 is 0 Å². The Morgan fingerprint density at radius 3 is 2.60 bits per heavy atom. The van der Waals surface area contributed by atoms with Gasteiger partial charge in [-0.1, -0.05) is 46.0 Å². The molecule has 114 valence electrons. The van der Waals surface area contributed by atoms with E-state index in [0.29, 0.717) is 18.1 Å². The van der Waals surface area contributed by atoms with Gasteiger partial charge in [0.05, 0.1) is 18.7 Å². The van der Waals surface area contributed by atoms with Crippen LogP contribution in [0.15, 0.2) is 21.3 Å². The van der Waals surface area contributed by atoms with Crippen LogP contribution in [0.2, 0.25) is 0 Å². The van der Waals surface area contributed by atoms with Crippen molar-refractivity contribution in [3.8, 4) is 5.75 Å². The number of hydrogen-bond donors (Lipinski definition) is 1. The molecular weight excluding hydrogens is 254 g/mol. The summed E-state index contributed by atoms with van der Waals surface area (Å²) < 4.78 is 10.8. The number of ether oxygens (including phenoxy) is 1. The number of unbranched alkanes of at least 4 members (excludes halogenated alkanes) is 4. The smallest absolute Gasteiger partial charge is 0.339 e. The number of nitrogens with two attached hydrogens (primary N) is 1. The van der Waals surface area contributed by atoms with Gasteiger partial charge in [0.25, 0.3) is 0 Å². The van der Waals surface area contributed by atoms with Crippen molar-refractivity contribution >= 4 is 0 Å². The first kappa shape index (κ1) is 16.8. The maximum Gasteiger partial charge on any atom is 0.339 e. The summed E-state index contributed by atoms with van der Waals surface area (Å²) in [4.78, 5) is 11.5. The largest absolute Gasteiger partial charge is 0.493 e. The molecule has 4 heteroatoms.